The minimum Gasteiger partial charge on any atom is -0.476 e. The summed E-state index contributed by atoms with van der Waals surface area (Å²) in [5.41, 5.74) is -0.648. The first-order valence-corrected chi connectivity index (χ1v) is 10.7. The number of aromatic nitrogens is 1. The zero-order valence-electron chi connectivity index (χ0n) is 18.2. The largest absolute Gasteiger partial charge is 0.476 e. The average Bonchev–Trinajstić information content (AvgIpc) is 3.51. The molecule has 1 aromatic heterocycles. The lowest BCUT2D eigenvalue weighted by Gasteiger charge is -2.30. The number of amides is 2. The van der Waals surface area contributed by atoms with Gasteiger partial charge in [-0.1, -0.05) is 13.8 Å². The molecule has 0 bridgehead atoms. The molecule has 10 heteroatoms. The molecule has 2 aliphatic rings. The number of carbonyl (C=O) groups is 2. The summed E-state index contributed by atoms with van der Waals surface area (Å²) in [6.07, 6.45) is 1.82. The predicted octanol–water partition coefficient (Wildman–Crippen LogP) is 3.11. The van der Waals surface area contributed by atoms with Gasteiger partial charge in [-0.05, 0) is 37.7 Å². The molecule has 1 saturated carbocycles. The van der Waals surface area contributed by atoms with Crippen LogP contribution in [0.25, 0.3) is 0 Å². The summed E-state index contributed by atoms with van der Waals surface area (Å²) in [5, 5.41) is 5.18. The third-order valence-corrected chi connectivity index (χ3v) is 5.89. The van der Waals surface area contributed by atoms with Gasteiger partial charge in [-0.25, -0.2) is 13.6 Å². The van der Waals surface area contributed by atoms with Gasteiger partial charge in [0.1, 0.15) is 11.2 Å². The summed E-state index contributed by atoms with van der Waals surface area (Å²) >= 11 is 0. The number of nitrogens with zero attached hydrogens (tertiary/aromatic N) is 2. The van der Waals surface area contributed by atoms with Crippen molar-refractivity contribution in [2.45, 2.75) is 57.4 Å². The van der Waals surface area contributed by atoms with Crippen molar-refractivity contribution in [3.05, 3.63) is 12.1 Å². The van der Waals surface area contributed by atoms with E-state index in [2.05, 4.69) is 15.6 Å². The molecule has 2 N–H and O–H groups in total. The van der Waals surface area contributed by atoms with Gasteiger partial charge in [0, 0.05) is 26.1 Å². The number of rotatable bonds is 9. The van der Waals surface area contributed by atoms with E-state index < -0.39 is 24.1 Å². The number of alkyl halides is 2. The van der Waals surface area contributed by atoms with E-state index in [1.165, 1.54) is 18.0 Å². The van der Waals surface area contributed by atoms with Crippen LogP contribution in [-0.4, -0.2) is 55.2 Å². The fourth-order valence-corrected chi connectivity index (χ4v) is 3.60. The Bertz CT molecular complexity index is 813. The van der Waals surface area contributed by atoms with Crippen LogP contribution in [0.4, 0.5) is 19.3 Å². The topological polar surface area (TPSA) is 92.8 Å². The smallest absolute Gasteiger partial charge is 0.414 e. The summed E-state index contributed by atoms with van der Waals surface area (Å²) in [7, 11) is 1.50. The lowest BCUT2D eigenvalue weighted by Crippen LogP contribution is -2.58. The third-order valence-electron chi connectivity index (χ3n) is 5.89. The molecule has 0 atom stereocenters. The van der Waals surface area contributed by atoms with Gasteiger partial charge < -0.3 is 25.0 Å². The first-order chi connectivity index (χ1) is 14.7. The van der Waals surface area contributed by atoms with Crippen molar-refractivity contribution in [3.63, 3.8) is 0 Å². The van der Waals surface area contributed by atoms with E-state index in [0.717, 1.165) is 12.8 Å². The number of likely N-dealkylation sites (N-methyl/N-ethyl adjacent to an activating group) is 1. The zero-order chi connectivity index (χ0) is 22.6. The van der Waals surface area contributed by atoms with Gasteiger partial charge >= 0.3 is 6.09 Å². The van der Waals surface area contributed by atoms with Gasteiger partial charge in [-0.15, -0.1) is 0 Å². The van der Waals surface area contributed by atoms with Crippen molar-refractivity contribution >= 4 is 17.7 Å². The number of hydrogen-bond acceptors (Lipinski definition) is 6. The highest BCUT2D eigenvalue weighted by atomic mass is 19.3. The van der Waals surface area contributed by atoms with Gasteiger partial charge in [0.05, 0.1) is 13.2 Å². The molecule has 1 aromatic rings. The summed E-state index contributed by atoms with van der Waals surface area (Å²) in [6.45, 7) is 3.81. The van der Waals surface area contributed by atoms with E-state index >= 15 is 0 Å². The maximum Gasteiger partial charge on any atom is 0.414 e. The first-order valence-electron chi connectivity index (χ1n) is 10.7. The Morgan fingerprint density at radius 2 is 2.00 bits per heavy atom. The van der Waals surface area contributed by atoms with Crippen LogP contribution in [0, 0.1) is 5.92 Å². The van der Waals surface area contributed by atoms with E-state index in [9.17, 15) is 18.4 Å². The van der Waals surface area contributed by atoms with Crippen molar-refractivity contribution in [3.8, 4) is 11.8 Å². The van der Waals surface area contributed by atoms with Crippen LogP contribution in [0.2, 0.25) is 0 Å². The summed E-state index contributed by atoms with van der Waals surface area (Å²) < 4.78 is 38.5. The van der Waals surface area contributed by atoms with E-state index in [-0.39, 0.29) is 30.6 Å². The van der Waals surface area contributed by atoms with Crippen molar-refractivity contribution in [2.75, 3.05) is 31.6 Å². The maximum absolute atomic E-state index is 13.7. The van der Waals surface area contributed by atoms with Gasteiger partial charge in [-0.2, -0.15) is 4.98 Å². The second-order valence-corrected chi connectivity index (χ2v) is 8.14. The SMILES string of the molecule is CCC(CC)(NC(=O)Oc1ccc(N2CCC(F)(F)C2)c(OCC2CC2)n1)C(=O)NC. The molecule has 8 nitrogen and oxygen atoms in total. The zero-order valence-corrected chi connectivity index (χ0v) is 18.2. The number of anilines is 1. The molecule has 1 aliphatic heterocycles. The summed E-state index contributed by atoms with van der Waals surface area (Å²) in [6, 6.07) is 3.01. The van der Waals surface area contributed by atoms with Crippen LogP contribution < -0.4 is 25.0 Å². The van der Waals surface area contributed by atoms with Crippen molar-refractivity contribution in [1.29, 1.82) is 0 Å². The molecule has 0 radical (unpaired) electrons. The minimum absolute atomic E-state index is 0.0315. The molecule has 1 saturated heterocycles. The fourth-order valence-electron chi connectivity index (χ4n) is 3.60. The Morgan fingerprint density at radius 1 is 1.29 bits per heavy atom. The van der Waals surface area contributed by atoms with E-state index in [1.807, 2.05) is 0 Å². The molecular formula is C21H30F2N4O4. The summed E-state index contributed by atoms with van der Waals surface area (Å²) in [4.78, 5) is 30.5. The van der Waals surface area contributed by atoms with Crippen LogP contribution in [0.15, 0.2) is 12.1 Å². The highest BCUT2D eigenvalue weighted by Crippen LogP contribution is 2.37. The van der Waals surface area contributed by atoms with Crippen LogP contribution >= 0.6 is 0 Å². The number of hydrogen-bond donors (Lipinski definition) is 2. The van der Waals surface area contributed by atoms with E-state index in [4.69, 9.17) is 9.47 Å². The summed E-state index contributed by atoms with van der Waals surface area (Å²) in [5.74, 6) is -2.51. The molecule has 172 valence electrons. The number of ether oxygens (including phenoxy) is 2. The molecule has 2 fully saturated rings. The molecule has 2 heterocycles. The average molecular weight is 440 g/mol. The molecule has 0 spiro atoms. The molecule has 0 unspecified atom stereocenters. The maximum atomic E-state index is 13.7. The Labute approximate surface area is 180 Å². The Kier molecular flexibility index (Phi) is 6.86. The number of carbonyl (C=O) groups excluding carboxylic acids is 2. The second-order valence-electron chi connectivity index (χ2n) is 8.14. The van der Waals surface area contributed by atoms with Crippen LogP contribution in [0.5, 0.6) is 11.8 Å². The van der Waals surface area contributed by atoms with Gasteiger partial charge in [0.15, 0.2) is 0 Å². The van der Waals surface area contributed by atoms with Crippen LogP contribution in [0.1, 0.15) is 46.0 Å². The lowest BCUT2D eigenvalue weighted by molar-refractivity contribution is -0.127. The van der Waals surface area contributed by atoms with Gasteiger partial charge in [0.2, 0.25) is 17.7 Å². The standard InChI is InChI=1S/C21H30F2N4O4/c1-4-20(5-2,18(28)24-3)26-19(29)31-16-9-8-15(27-11-10-21(22,23)13-27)17(25-16)30-12-14-6-7-14/h8-9,14H,4-7,10-13H2,1-3H3,(H,24,28)(H,26,29). The highest BCUT2D eigenvalue weighted by molar-refractivity contribution is 5.90. The Morgan fingerprint density at radius 3 is 2.55 bits per heavy atom. The molecule has 0 aromatic carbocycles. The van der Waals surface area contributed by atoms with Crippen molar-refractivity contribution in [1.82, 2.24) is 15.6 Å². The number of nitrogens with one attached hydrogen (secondary N) is 2. The van der Waals surface area contributed by atoms with Crippen LogP contribution in [0.3, 0.4) is 0 Å². The first kappa shape index (κ1) is 23.0. The Balaban J connectivity index is 1.75. The predicted molar refractivity (Wildman–Crippen MR) is 111 cm³/mol. The third kappa shape index (κ3) is 5.54. The fraction of sp³-hybridized carbons (Fsp3) is 0.667. The van der Waals surface area contributed by atoms with Gasteiger partial charge in [0.25, 0.3) is 5.92 Å². The van der Waals surface area contributed by atoms with Crippen molar-refractivity contribution < 1.29 is 27.8 Å². The minimum atomic E-state index is -2.76. The highest BCUT2D eigenvalue weighted by Gasteiger charge is 2.40. The monoisotopic (exact) mass is 440 g/mol. The van der Waals surface area contributed by atoms with Crippen molar-refractivity contribution in [2.24, 2.45) is 5.92 Å². The Hall–Kier alpha value is -2.65. The molecule has 31 heavy (non-hydrogen) atoms. The van der Waals surface area contributed by atoms with E-state index in [0.29, 0.717) is 31.1 Å². The quantitative estimate of drug-likeness (QED) is 0.613. The number of pyridine rings is 1. The van der Waals surface area contributed by atoms with Gasteiger partial charge in [-0.3, -0.25) is 4.79 Å². The molecule has 2 amide bonds. The second kappa shape index (κ2) is 9.23. The molecular weight excluding hydrogens is 410 g/mol. The van der Waals surface area contributed by atoms with Crippen LogP contribution in [-0.2, 0) is 4.79 Å². The number of halogens is 2. The van der Waals surface area contributed by atoms with E-state index in [1.54, 1.807) is 19.9 Å². The normalized spacial score (nSPS) is 17.9. The lowest BCUT2D eigenvalue weighted by atomic mass is 9.92. The molecule has 3 rings (SSSR count). The molecule has 1 aliphatic carbocycles.